The fourth-order valence-corrected chi connectivity index (χ4v) is 7.73. The Labute approximate surface area is 233 Å². The van der Waals surface area contributed by atoms with Gasteiger partial charge in [-0.2, -0.15) is 5.26 Å². The van der Waals surface area contributed by atoms with Gasteiger partial charge in [0.25, 0.3) is 0 Å². The van der Waals surface area contributed by atoms with Gasteiger partial charge in [-0.05, 0) is 64.7 Å². The van der Waals surface area contributed by atoms with Crippen LogP contribution in [0.4, 0.5) is 4.79 Å². The molecule has 0 radical (unpaired) electrons. The summed E-state index contributed by atoms with van der Waals surface area (Å²) in [6, 6.07) is 0.514. The fraction of sp³-hybridized carbons (Fsp3) is 0.690. The summed E-state index contributed by atoms with van der Waals surface area (Å²) in [5.74, 6) is -0.622. The third-order valence-corrected chi connectivity index (χ3v) is 9.46. The molecule has 11 heteroatoms. The number of carbonyl (C=O) groups excluding carboxylic acids is 3. The molecule has 3 amide bonds. The SMILES string of the molecule is CC(C)(C)OC(=O)NC(CN1C[C@@H]2CC1C(=O)N2C1CCC2C=C(C(=O)O)C=CC21)C(=O)N1C(C#N)CC2CC21. The lowest BCUT2D eigenvalue weighted by atomic mass is 9.86. The van der Waals surface area contributed by atoms with Gasteiger partial charge in [0.05, 0.1) is 17.7 Å². The van der Waals surface area contributed by atoms with Crippen LogP contribution in [0.1, 0.15) is 52.9 Å². The predicted octanol–water partition coefficient (Wildman–Crippen LogP) is 1.65. The molecule has 3 aliphatic heterocycles. The number of hydrogen-bond donors (Lipinski definition) is 2. The maximum Gasteiger partial charge on any atom is 0.408 e. The number of carbonyl (C=O) groups is 4. The summed E-state index contributed by atoms with van der Waals surface area (Å²) in [6.45, 7) is 6.03. The number of likely N-dealkylation sites (tertiary alicyclic amines) is 3. The number of rotatable bonds is 6. The second-order valence-corrected chi connectivity index (χ2v) is 13.2. The van der Waals surface area contributed by atoms with Crippen molar-refractivity contribution in [2.75, 3.05) is 13.1 Å². The Morgan fingerprint density at radius 1 is 1.20 bits per heavy atom. The summed E-state index contributed by atoms with van der Waals surface area (Å²) in [4.78, 5) is 57.3. The van der Waals surface area contributed by atoms with Crippen LogP contribution in [0.2, 0.25) is 0 Å². The molecule has 0 aromatic heterocycles. The van der Waals surface area contributed by atoms with Crippen LogP contribution in [0.25, 0.3) is 0 Å². The summed E-state index contributed by atoms with van der Waals surface area (Å²) in [5, 5.41) is 21.8. The van der Waals surface area contributed by atoms with E-state index in [1.165, 1.54) is 0 Å². The van der Waals surface area contributed by atoms with E-state index in [-0.39, 0.29) is 54.4 Å². The molecule has 5 fully saturated rings. The molecular weight excluding hydrogens is 514 g/mol. The van der Waals surface area contributed by atoms with Gasteiger partial charge in [0.15, 0.2) is 0 Å². The molecule has 6 rings (SSSR count). The van der Waals surface area contributed by atoms with Crippen molar-refractivity contribution in [1.82, 2.24) is 20.0 Å². The number of nitrogens with zero attached hydrogens (tertiary/aromatic N) is 4. The Kier molecular flexibility index (Phi) is 6.44. The zero-order valence-corrected chi connectivity index (χ0v) is 23.2. The van der Waals surface area contributed by atoms with E-state index < -0.39 is 29.7 Å². The molecule has 9 atom stereocenters. The van der Waals surface area contributed by atoms with Crippen LogP contribution < -0.4 is 5.32 Å². The number of nitriles is 1. The van der Waals surface area contributed by atoms with Crippen LogP contribution >= 0.6 is 0 Å². The predicted molar refractivity (Wildman–Crippen MR) is 141 cm³/mol. The van der Waals surface area contributed by atoms with Gasteiger partial charge in [-0.1, -0.05) is 18.2 Å². The molecule has 214 valence electrons. The molecule has 0 aromatic rings. The lowest BCUT2D eigenvalue weighted by molar-refractivity contribution is -0.142. The van der Waals surface area contributed by atoms with Crippen LogP contribution in [0, 0.1) is 29.1 Å². The minimum absolute atomic E-state index is 0.00300. The number of fused-ring (bicyclic) bond motifs is 4. The Hall–Kier alpha value is -3.39. The number of nitrogens with one attached hydrogen (secondary N) is 1. The molecule has 3 heterocycles. The molecule has 11 nitrogen and oxygen atoms in total. The van der Waals surface area contributed by atoms with Crippen LogP contribution in [0.3, 0.4) is 0 Å². The number of aliphatic carboxylic acids is 1. The standard InChI is InChI=1S/C29H37N5O6/c1-29(2,3)40-28(39)31-21(25(35)33-18(12-30)9-17-10-23(17)33)14-32-13-19-11-24(32)26(36)34(19)22-7-5-15-8-16(27(37)38)4-6-20(15)22/h4,6,8,15,17-24H,5,7,9-11,13-14H2,1-3H3,(H,31,39)(H,37,38)/t15?,17?,18?,19-,20?,21?,22?,23?,24?/m0/s1. The topological polar surface area (TPSA) is 143 Å². The highest BCUT2D eigenvalue weighted by molar-refractivity contribution is 5.90. The number of piperazine rings is 1. The van der Waals surface area contributed by atoms with E-state index in [9.17, 15) is 29.5 Å². The number of carboxylic acids is 1. The number of alkyl carbamates (subject to hydrolysis) is 1. The molecule has 2 N–H and O–H groups in total. The summed E-state index contributed by atoms with van der Waals surface area (Å²) in [7, 11) is 0. The van der Waals surface area contributed by atoms with Gasteiger partial charge in [-0.15, -0.1) is 0 Å². The van der Waals surface area contributed by atoms with Crippen molar-refractivity contribution < 1.29 is 29.0 Å². The highest BCUT2D eigenvalue weighted by Crippen LogP contribution is 2.48. The summed E-state index contributed by atoms with van der Waals surface area (Å²) in [5.41, 5.74) is -0.428. The first-order valence-corrected chi connectivity index (χ1v) is 14.4. The van der Waals surface area contributed by atoms with Gasteiger partial charge in [-0.25, -0.2) is 9.59 Å². The van der Waals surface area contributed by atoms with E-state index >= 15 is 0 Å². The van der Waals surface area contributed by atoms with E-state index in [4.69, 9.17) is 4.74 Å². The Morgan fingerprint density at radius 3 is 2.65 bits per heavy atom. The lowest BCUT2D eigenvalue weighted by Gasteiger charge is -2.41. The van der Waals surface area contributed by atoms with Gasteiger partial charge in [0.1, 0.15) is 17.7 Å². The maximum atomic E-state index is 13.8. The van der Waals surface area contributed by atoms with Crippen LogP contribution in [-0.4, -0.2) is 98.6 Å². The van der Waals surface area contributed by atoms with Crippen molar-refractivity contribution in [1.29, 1.82) is 5.26 Å². The monoisotopic (exact) mass is 551 g/mol. The Balaban J connectivity index is 1.15. The number of piperidine rings is 1. The third kappa shape index (κ3) is 4.66. The first-order chi connectivity index (χ1) is 18.9. The summed E-state index contributed by atoms with van der Waals surface area (Å²) >= 11 is 0. The molecular formula is C29H37N5O6. The van der Waals surface area contributed by atoms with Crippen molar-refractivity contribution in [2.24, 2.45) is 17.8 Å². The molecule has 6 aliphatic rings. The number of hydrogen-bond acceptors (Lipinski definition) is 7. The minimum Gasteiger partial charge on any atom is -0.478 e. The Morgan fingerprint density at radius 2 is 1.98 bits per heavy atom. The van der Waals surface area contributed by atoms with Gasteiger partial charge in [-0.3, -0.25) is 14.5 Å². The number of amides is 3. The van der Waals surface area contributed by atoms with Gasteiger partial charge in [0.2, 0.25) is 11.8 Å². The van der Waals surface area contributed by atoms with Crippen LogP contribution in [0.5, 0.6) is 0 Å². The normalized spacial score (nSPS) is 36.5. The average Bonchev–Trinajstić information content (AvgIpc) is 3.22. The largest absolute Gasteiger partial charge is 0.478 e. The number of ether oxygens (including phenoxy) is 1. The van der Waals surface area contributed by atoms with Crippen molar-refractivity contribution in [2.45, 2.75) is 94.7 Å². The molecule has 0 spiro atoms. The van der Waals surface area contributed by atoms with Crippen molar-refractivity contribution >= 4 is 23.9 Å². The van der Waals surface area contributed by atoms with Crippen LogP contribution in [0.15, 0.2) is 23.8 Å². The second kappa shape index (κ2) is 9.61. The average molecular weight is 552 g/mol. The van der Waals surface area contributed by atoms with Gasteiger partial charge < -0.3 is 25.0 Å². The minimum atomic E-state index is -0.929. The molecule has 40 heavy (non-hydrogen) atoms. The molecule has 0 aromatic carbocycles. The maximum absolute atomic E-state index is 13.8. The molecule has 3 saturated heterocycles. The second-order valence-electron chi connectivity index (χ2n) is 13.2. The molecule has 2 saturated carbocycles. The van der Waals surface area contributed by atoms with Crippen molar-refractivity contribution in [3.8, 4) is 6.07 Å². The van der Waals surface area contributed by atoms with E-state index in [1.807, 2.05) is 22.0 Å². The Bertz CT molecular complexity index is 1230. The van der Waals surface area contributed by atoms with E-state index in [0.717, 1.165) is 19.3 Å². The highest BCUT2D eigenvalue weighted by Gasteiger charge is 2.57. The first kappa shape index (κ1) is 26.8. The van der Waals surface area contributed by atoms with Crippen molar-refractivity contribution in [3.63, 3.8) is 0 Å². The summed E-state index contributed by atoms with van der Waals surface area (Å²) < 4.78 is 5.45. The first-order valence-electron chi connectivity index (χ1n) is 14.4. The molecule has 2 bridgehead atoms. The zero-order chi connectivity index (χ0) is 28.5. The van der Waals surface area contributed by atoms with E-state index in [0.29, 0.717) is 30.9 Å². The third-order valence-electron chi connectivity index (χ3n) is 9.46. The van der Waals surface area contributed by atoms with Crippen LogP contribution in [-0.2, 0) is 19.1 Å². The molecule has 3 aliphatic carbocycles. The highest BCUT2D eigenvalue weighted by atomic mass is 16.6. The lowest BCUT2D eigenvalue weighted by Crippen LogP contribution is -2.60. The molecule has 8 unspecified atom stereocenters. The van der Waals surface area contributed by atoms with E-state index in [2.05, 4.69) is 11.4 Å². The van der Waals surface area contributed by atoms with E-state index in [1.54, 1.807) is 31.7 Å². The number of allylic oxidation sites excluding steroid dienone is 1. The quantitative estimate of drug-likeness (QED) is 0.507. The van der Waals surface area contributed by atoms with Gasteiger partial charge >= 0.3 is 12.1 Å². The van der Waals surface area contributed by atoms with Crippen molar-refractivity contribution in [3.05, 3.63) is 23.8 Å². The smallest absolute Gasteiger partial charge is 0.408 e. The fourth-order valence-electron chi connectivity index (χ4n) is 7.73. The summed E-state index contributed by atoms with van der Waals surface area (Å²) in [6.07, 6.45) is 8.61. The zero-order valence-electron chi connectivity index (χ0n) is 23.2. The van der Waals surface area contributed by atoms with Gasteiger partial charge in [0, 0.05) is 37.1 Å². The number of carboxylic acid groups (broad SMARTS) is 1.